The molecule has 1 unspecified atom stereocenters. The Hall–Kier alpha value is -1.82. The van der Waals surface area contributed by atoms with Gasteiger partial charge in [0.2, 0.25) is 0 Å². The summed E-state index contributed by atoms with van der Waals surface area (Å²) in [4.78, 5) is 0. The number of aromatic nitrogens is 3. The Kier molecular flexibility index (Phi) is 5.56. The maximum absolute atomic E-state index is 6.42. The first-order valence-electron chi connectivity index (χ1n) is 7.68. The summed E-state index contributed by atoms with van der Waals surface area (Å²) in [5.74, 6) is 0.804. The molecular weight excluding hydrogens is 340 g/mol. The van der Waals surface area contributed by atoms with Gasteiger partial charge in [-0.2, -0.15) is 0 Å². The lowest BCUT2D eigenvalue weighted by atomic mass is 10.1. The quantitative estimate of drug-likeness (QED) is 0.678. The molecule has 24 heavy (non-hydrogen) atoms. The zero-order valence-corrected chi connectivity index (χ0v) is 15.0. The fourth-order valence-corrected chi connectivity index (χ4v) is 3.23. The van der Waals surface area contributed by atoms with Crippen LogP contribution in [0.3, 0.4) is 0 Å². The van der Waals surface area contributed by atoms with Crippen LogP contribution in [0.15, 0.2) is 59.8 Å². The van der Waals surface area contributed by atoms with E-state index in [4.69, 9.17) is 17.3 Å². The molecule has 3 aromatic rings. The van der Waals surface area contributed by atoms with Crippen LogP contribution in [0.1, 0.15) is 23.0 Å². The third-order valence-corrected chi connectivity index (χ3v) is 4.73. The third kappa shape index (κ3) is 3.98. The Labute approximate surface area is 151 Å². The summed E-state index contributed by atoms with van der Waals surface area (Å²) in [5.41, 5.74) is 8.75. The van der Waals surface area contributed by atoms with Gasteiger partial charge >= 0.3 is 0 Å². The average Bonchev–Trinajstić information content (AvgIpc) is 3.00. The molecule has 0 aliphatic carbocycles. The molecule has 0 aliphatic heterocycles. The molecule has 3 rings (SSSR count). The minimum absolute atomic E-state index is 0.219. The van der Waals surface area contributed by atoms with E-state index in [1.54, 1.807) is 11.8 Å². The number of rotatable bonds is 6. The smallest absolute Gasteiger partial charge is 0.191 e. The van der Waals surface area contributed by atoms with Crippen molar-refractivity contribution in [3.63, 3.8) is 0 Å². The van der Waals surface area contributed by atoms with Crippen LogP contribution in [-0.4, -0.2) is 21.0 Å². The molecule has 0 radical (unpaired) electrons. The number of hydrogen-bond donors (Lipinski definition) is 1. The van der Waals surface area contributed by atoms with Crippen molar-refractivity contribution in [3.8, 4) is 0 Å². The molecule has 0 spiro atoms. The zero-order valence-electron chi connectivity index (χ0n) is 13.4. The molecule has 1 aromatic heterocycles. The first kappa shape index (κ1) is 17.0. The van der Waals surface area contributed by atoms with Crippen molar-refractivity contribution in [2.45, 2.75) is 24.2 Å². The second-order valence-electron chi connectivity index (χ2n) is 5.55. The van der Waals surface area contributed by atoms with E-state index in [1.165, 1.54) is 5.56 Å². The topological polar surface area (TPSA) is 56.7 Å². The monoisotopic (exact) mass is 358 g/mol. The van der Waals surface area contributed by atoms with Crippen LogP contribution in [0.2, 0.25) is 5.02 Å². The highest BCUT2D eigenvalue weighted by Crippen LogP contribution is 2.22. The van der Waals surface area contributed by atoms with Crippen LogP contribution in [0.25, 0.3) is 0 Å². The standard InChI is InChI=1S/C18H19ClN4S/c1-24-18-22-21-17(23(18)12-14-5-3-2-4-6-14)16(20)11-13-7-9-15(19)10-8-13/h2-10,16H,11-12,20H2,1H3. The molecule has 0 aliphatic rings. The molecule has 0 saturated carbocycles. The van der Waals surface area contributed by atoms with Gasteiger partial charge in [0.15, 0.2) is 11.0 Å². The van der Waals surface area contributed by atoms with E-state index < -0.39 is 0 Å². The van der Waals surface area contributed by atoms with Gasteiger partial charge in [0.25, 0.3) is 0 Å². The normalized spacial score (nSPS) is 12.3. The summed E-state index contributed by atoms with van der Waals surface area (Å²) in [6.07, 6.45) is 2.69. The predicted octanol–water partition coefficient (Wildman–Crippen LogP) is 3.94. The summed E-state index contributed by atoms with van der Waals surface area (Å²) < 4.78 is 2.10. The second kappa shape index (κ2) is 7.83. The molecule has 2 aromatic carbocycles. The molecule has 0 amide bonds. The molecule has 1 atom stereocenters. The lowest BCUT2D eigenvalue weighted by molar-refractivity contribution is 0.588. The fraction of sp³-hybridized carbons (Fsp3) is 0.222. The van der Waals surface area contributed by atoms with Crippen molar-refractivity contribution < 1.29 is 0 Å². The molecule has 1 heterocycles. The van der Waals surface area contributed by atoms with Crippen LogP contribution in [0.4, 0.5) is 0 Å². The largest absolute Gasteiger partial charge is 0.321 e. The minimum Gasteiger partial charge on any atom is -0.321 e. The van der Waals surface area contributed by atoms with Crippen molar-refractivity contribution >= 4 is 23.4 Å². The average molecular weight is 359 g/mol. The Morgan fingerprint density at radius 2 is 1.75 bits per heavy atom. The van der Waals surface area contributed by atoms with Gasteiger partial charge in [-0.15, -0.1) is 10.2 Å². The van der Waals surface area contributed by atoms with Gasteiger partial charge in [0.1, 0.15) is 0 Å². The number of nitrogens with zero attached hydrogens (tertiary/aromatic N) is 3. The Morgan fingerprint density at radius 1 is 1.04 bits per heavy atom. The molecule has 0 saturated heterocycles. The van der Waals surface area contributed by atoms with E-state index in [0.29, 0.717) is 13.0 Å². The number of halogens is 1. The van der Waals surface area contributed by atoms with Gasteiger partial charge in [-0.05, 0) is 35.9 Å². The van der Waals surface area contributed by atoms with Crippen LogP contribution in [-0.2, 0) is 13.0 Å². The van der Waals surface area contributed by atoms with Gasteiger partial charge in [0.05, 0.1) is 12.6 Å². The maximum Gasteiger partial charge on any atom is 0.191 e. The summed E-state index contributed by atoms with van der Waals surface area (Å²) in [7, 11) is 0. The van der Waals surface area contributed by atoms with Crippen LogP contribution < -0.4 is 5.73 Å². The van der Waals surface area contributed by atoms with E-state index in [2.05, 4.69) is 26.9 Å². The highest BCUT2D eigenvalue weighted by atomic mass is 35.5. The van der Waals surface area contributed by atoms with E-state index in [0.717, 1.165) is 21.6 Å². The van der Waals surface area contributed by atoms with Gasteiger partial charge in [-0.25, -0.2) is 0 Å². The maximum atomic E-state index is 6.42. The first-order valence-corrected chi connectivity index (χ1v) is 9.28. The SMILES string of the molecule is CSc1nnc(C(N)Cc2ccc(Cl)cc2)n1Cc1ccccc1. The molecular formula is C18H19ClN4S. The van der Waals surface area contributed by atoms with E-state index >= 15 is 0 Å². The van der Waals surface area contributed by atoms with E-state index in [9.17, 15) is 0 Å². The molecule has 124 valence electrons. The Balaban J connectivity index is 1.84. The highest BCUT2D eigenvalue weighted by molar-refractivity contribution is 7.98. The van der Waals surface area contributed by atoms with Gasteiger partial charge < -0.3 is 10.3 Å². The minimum atomic E-state index is -0.219. The van der Waals surface area contributed by atoms with Crippen molar-refractivity contribution in [2.75, 3.05) is 6.26 Å². The number of hydrogen-bond acceptors (Lipinski definition) is 4. The third-order valence-electron chi connectivity index (χ3n) is 3.81. The van der Waals surface area contributed by atoms with Crippen molar-refractivity contribution in [1.29, 1.82) is 0 Å². The molecule has 0 fully saturated rings. The molecule has 6 heteroatoms. The summed E-state index contributed by atoms with van der Waals surface area (Å²) in [5, 5.41) is 10.2. The van der Waals surface area contributed by atoms with Crippen LogP contribution in [0, 0.1) is 0 Å². The van der Waals surface area contributed by atoms with Crippen molar-refractivity contribution in [1.82, 2.24) is 14.8 Å². The first-order chi connectivity index (χ1) is 11.7. The summed E-state index contributed by atoms with van der Waals surface area (Å²) in [6, 6.07) is 17.8. The summed E-state index contributed by atoms with van der Waals surface area (Å²) in [6.45, 7) is 0.716. The lowest BCUT2D eigenvalue weighted by Crippen LogP contribution is -2.20. The summed E-state index contributed by atoms with van der Waals surface area (Å²) >= 11 is 7.52. The number of thioether (sulfide) groups is 1. The van der Waals surface area contributed by atoms with Crippen LogP contribution in [0.5, 0.6) is 0 Å². The van der Waals surface area contributed by atoms with Gasteiger partial charge in [-0.3, -0.25) is 0 Å². The molecule has 2 N–H and O–H groups in total. The fourth-order valence-electron chi connectivity index (χ4n) is 2.61. The molecule has 4 nitrogen and oxygen atoms in total. The highest BCUT2D eigenvalue weighted by Gasteiger charge is 2.18. The zero-order chi connectivity index (χ0) is 16.9. The van der Waals surface area contributed by atoms with Gasteiger partial charge in [-0.1, -0.05) is 65.8 Å². The van der Waals surface area contributed by atoms with Crippen LogP contribution >= 0.6 is 23.4 Å². The number of nitrogens with two attached hydrogens (primary N) is 1. The number of benzene rings is 2. The van der Waals surface area contributed by atoms with E-state index in [-0.39, 0.29) is 6.04 Å². The predicted molar refractivity (Wildman–Crippen MR) is 99.4 cm³/mol. The van der Waals surface area contributed by atoms with Crippen molar-refractivity contribution in [2.24, 2.45) is 5.73 Å². The van der Waals surface area contributed by atoms with Crippen molar-refractivity contribution in [3.05, 3.63) is 76.6 Å². The van der Waals surface area contributed by atoms with Gasteiger partial charge in [0, 0.05) is 5.02 Å². The Morgan fingerprint density at radius 3 is 2.42 bits per heavy atom. The van der Waals surface area contributed by atoms with E-state index in [1.807, 2.05) is 48.7 Å². The molecule has 0 bridgehead atoms. The Bertz CT molecular complexity index is 787. The lowest BCUT2D eigenvalue weighted by Gasteiger charge is -2.15. The second-order valence-corrected chi connectivity index (χ2v) is 6.76.